The van der Waals surface area contributed by atoms with Crippen LogP contribution in [0.4, 0.5) is 0 Å². The first kappa shape index (κ1) is 11.0. The van der Waals surface area contributed by atoms with Crippen molar-refractivity contribution in [2.24, 2.45) is 0 Å². The Balaban J connectivity index is 1.72. The van der Waals surface area contributed by atoms with E-state index >= 15 is 0 Å². The maximum absolute atomic E-state index is 12.1. The van der Waals surface area contributed by atoms with Crippen molar-refractivity contribution in [3.8, 4) is 0 Å². The summed E-state index contributed by atoms with van der Waals surface area (Å²) in [5, 5.41) is 0. The maximum atomic E-state index is 12.1. The van der Waals surface area contributed by atoms with E-state index in [1.807, 2.05) is 6.07 Å². The monoisotopic (exact) mass is 229 g/mol. The molecule has 0 aromatic heterocycles. The molecule has 0 radical (unpaired) electrons. The first-order valence-electron chi connectivity index (χ1n) is 6.59. The van der Waals surface area contributed by atoms with Crippen molar-refractivity contribution < 1.29 is 4.79 Å². The second-order valence-corrected chi connectivity index (χ2v) is 5.41. The normalized spacial score (nSPS) is 18.5. The van der Waals surface area contributed by atoms with Crippen LogP contribution in [-0.4, -0.2) is 30.3 Å². The number of Topliss-reactive ketones (excluding diaryl/α,β-unsaturated/α-hetero) is 1. The molecule has 0 aliphatic heterocycles. The summed E-state index contributed by atoms with van der Waals surface area (Å²) in [7, 11) is 2.06. The summed E-state index contributed by atoms with van der Waals surface area (Å²) < 4.78 is 0. The van der Waals surface area contributed by atoms with Gasteiger partial charge in [0.1, 0.15) is 0 Å². The van der Waals surface area contributed by atoms with Gasteiger partial charge in [0.25, 0.3) is 0 Å². The van der Waals surface area contributed by atoms with E-state index in [9.17, 15) is 4.79 Å². The molecule has 0 atom stereocenters. The molecule has 2 heteroatoms. The van der Waals surface area contributed by atoms with Gasteiger partial charge in [-0.05, 0) is 56.3 Å². The standard InChI is InChI=1S/C15H19NO/c1-16(14-7-8-14)10-15(17)13-6-5-11-3-2-4-12(11)9-13/h5-6,9,14H,2-4,7-8,10H2,1H3. The molecule has 0 heterocycles. The van der Waals surface area contributed by atoms with Gasteiger partial charge in [-0.2, -0.15) is 0 Å². The van der Waals surface area contributed by atoms with Gasteiger partial charge >= 0.3 is 0 Å². The predicted molar refractivity (Wildman–Crippen MR) is 68.4 cm³/mol. The van der Waals surface area contributed by atoms with Crippen LogP contribution in [0.5, 0.6) is 0 Å². The Labute approximate surface area is 103 Å². The van der Waals surface area contributed by atoms with Crippen molar-refractivity contribution >= 4 is 5.78 Å². The van der Waals surface area contributed by atoms with Crippen molar-refractivity contribution in [1.29, 1.82) is 0 Å². The maximum Gasteiger partial charge on any atom is 0.176 e. The number of carbonyl (C=O) groups is 1. The van der Waals surface area contributed by atoms with Gasteiger partial charge < -0.3 is 0 Å². The lowest BCUT2D eigenvalue weighted by Gasteiger charge is -2.14. The van der Waals surface area contributed by atoms with Crippen LogP contribution in [0.3, 0.4) is 0 Å². The average molecular weight is 229 g/mol. The molecule has 1 aromatic rings. The molecule has 3 rings (SSSR count). The predicted octanol–water partition coefficient (Wildman–Crippen LogP) is 2.45. The summed E-state index contributed by atoms with van der Waals surface area (Å²) >= 11 is 0. The Hall–Kier alpha value is -1.15. The quantitative estimate of drug-likeness (QED) is 0.739. The lowest BCUT2D eigenvalue weighted by Crippen LogP contribution is -2.27. The Morgan fingerprint density at radius 3 is 2.82 bits per heavy atom. The first-order chi connectivity index (χ1) is 8.24. The van der Waals surface area contributed by atoms with Crippen LogP contribution >= 0.6 is 0 Å². The second kappa shape index (κ2) is 4.26. The number of hydrogen-bond acceptors (Lipinski definition) is 2. The van der Waals surface area contributed by atoms with Crippen molar-refractivity contribution in [3.05, 3.63) is 34.9 Å². The molecule has 90 valence electrons. The molecule has 2 aliphatic carbocycles. The second-order valence-electron chi connectivity index (χ2n) is 5.41. The summed E-state index contributed by atoms with van der Waals surface area (Å²) in [6, 6.07) is 6.93. The fourth-order valence-electron chi connectivity index (χ4n) is 2.71. The Kier molecular flexibility index (Phi) is 2.75. The zero-order chi connectivity index (χ0) is 11.8. The molecule has 0 N–H and O–H groups in total. The van der Waals surface area contributed by atoms with Gasteiger partial charge in [0, 0.05) is 11.6 Å². The Bertz CT molecular complexity index is 448. The average Bonchev–Trinajstić information content (AvgIpc) is 3.07. The highest BCUT2D eigenvalue weighted by Gasteiger charge is 2.27. The van der Waals surface area contributed by atoms with Gasteiger partial charge in [-0.1, -0.05) is 12.1 Å². The molecule has 0 bridgehead atoms. The van der Waals surface area contributed by atoms with Gasteiger partial charge in [-0.3, -0.25) is 9.69 Å². The zero-order valence-corrected chi connectivity index (χ0v) is 10.4. The van der Waals surface area contributed by atoms with Crippen molar-refractivity contribution in [3.63, 3.8) is 0 Å². The Morgan fingerprint density at radius 2 is 2.06 bits per heavy atom. The summed E-state index contributed by atoms with van der Waals surface area (Å²) in [6.07, 6.45) is 6.09. The van der Waals surface area contributed by atoms with Gasteiger partial charge in [-0.25, -0.2) is 0 Å². The van der Waals surface area contributed by atoms with E-state index in [2.05, 4.69) is 24.1 Å². The van der Waals surface area contributed by atoms with E-state index < -0.39 is 0 Å². The molecule has 0 saturated heterocycles. The fraction of sp³-hybridized carbons (Fsp3) is 0.533. The number of rotatable bonds is 4. The summed E-state index contributed by atoms with van der Waals surface area (Å²) in [5.41, 5.74) is 3.74. The third-order valence-corrected chi connectivity index (χ3v) is 3.98. The van der Waals surface area contributed by atoms with E-state index in [0.29, 0.717) is 12.6 Å². The molecular weight excluding hydrogens is 210 g/mol. The lowest BCUT2D eigenvalue weighted by molar-refractivity contribution is 0.0942. The minimum atomic E-state index is 0.272. The van der Waals surface area contributed by atoms with E-state index in [1.54, 1.807) is 0 Å². The van der Waals surface area contributed by atoms with E-state index in [-0.39, 0.29) is 5.78 Å². The molecule has 2 aliphatic rings. The Morgan fingerprint density at radius 1 is 1.29 bits per heavy atom. The van der Waals surface area contributed by atoms with E-state index in [4.69, 9.17) is 0 Å². The lowest BCUT2D eigenvalue weighted by atomic mass is 10.0. The zero-order valence-electron chi connectivity index (χ0n) is 10.4. The molecule has 17 heavy (non-hydrogen) atoms. The van der Waals surface area contributed by atoms with E-state index in [1.165, 1.54) is 36.8 Å². The van der Waals surface area contributed by atoms with E-state index in [0.717, 1.165) is 12.0 Å². The fourth-order valence-corrected chi connectivity index (χ4v) is 2.71. The number of ketones is 1. The highest BCUT2D eigenvalue weighted by Crippen LogP contribution is 2.26. The first-order valence-corrected chi connectivity index (χ1v) is 6.59. The van der Waals surface area contributed by atoms with Crippen LogP contribution in [0.25, 0.3) is 0 Å². The van der Waals surface area contributed by atoms with Crippen molar-refractivity contribution in [2.75, 3.05) is 13.6 Å². The van der Waals surface area contributed by atoms with Crippen LogP contribution in [0.15, 0.2) is 18.2 Å². The van der Waals surface area contributed by atoms with Crippen LogP contribution in [0, 0.1) is 0 Å². The number of benzene rings is 1. The summed E-state index contributed by atoms with van der Waals surface area (Å²) in [6.45, 7) is 0.573. The summed E-state index contributed by atoms with van der Waals surface area (Å²) in [4.78, 5) is 14.3. The minimum Gasteiger partial charge on any atom is -0.296 e. The van der Waals surface area contributed by atoms with Crippen LogP contribution in [0.1, 0.15) is 40.7 Å². The molecular formula is C15H19NO. The topological polar surface area (TPSA) is 20.3 Å². The smallest absolute Gasteiger partial charge is 0.176 e. The highest BCUT2D eigenvalue weighted by molar-refractivity contribution is 5.97. The van der Waals surface area contributed by atoms with Gasteiger partial charge in [0.15, 0.2) is 5.78 Å². The van der Waals surface area contributed by atoms with Crippen molar-refractivity contribution in [1.82, 2.24) is 4.90 Å². The van der Waals surface area contributed by atoms with Crippen LogP contribution in [0.2, 0.25) is 0 Å². The number of aryl methyl sites for hydroxylation is 2. The minimum absolute atomic E-state index is 0.272. The van der Waals surface area contributed by atoms with Gasteiger partial charge in [-0.15, -0.1) is 0 Å². The number of likely N-dealkylation sites (N-methyl/N-ethyl adjacent to an activating group) is 1. The third kappa shape index (κ3) is 2.27. The summed E-state index contributed by atoms with van der Waals surface area (Å²) in [5.74, 6) is 0.272. The van der Waals surface area contributed by atoms with Crippen molar-refractivity contribution in [2.45, 2.75) is 38.1 Å². The molecule has 0 spiro atoms. The molecule has 1 fully saturated rings. The number of fused-ring (bicyclic) bond motifs is 1. The number of nitrogens with zero attached hydrogens (tertiary/aromatic N) is 1. The van der Waals surface area contributed by atoms with Gasteiger partial charge in [0.2, 0.25) is 0 Å². The molecule has 0 amide bonds. The number of hydrogen-bond donors (Lipinski definition) is 0. The molecule has 2 nitrogen and oxygen atoms in total. The highest BCUT2D eigenvalue weighted by atomic mass is 16.1. The van der Waals surface area contributed by atoms with Gasteiger partial charge in [0.05, 0.1) is 6.54 Å². The SMILES string of the molecule is CN(CC(=O)c1ccc2c(c1)CCC2)C1CC1. The largest absolute Gasteiger partial charge is 0.296 e. The number of carbonyl (C=O) groups excluding carboxylic acids is 1. The molecule has 1 aromatic carbocycles. The van der Waals surface area contributed by atoms with Crippen LogP contribution < -0.4 is 0 Å². The third-order valence-electron chi connectivity index (χ3n) is 3.98. The van der Waals surface area contributed by atoms with Crippen LogP contribution in [-0.2, 0) is 12.8 Å². The molecule has 0 unspecified atom stereocenters. The molecule has 1 saturated carbocycles.